The van der Waals surface area contributed by atoms with Crippen LogP contribution < -0.4 is 0 Å². The van der Waals surface area contributed by atoms with Crippen molar-refractivity contribution in [3.63, 3.8) is 0 Å². The summed E-state index contributed by atoms with van der Waals surface area (Å²) in [4.78, 5) is 32.2. The summed E-state index contributed by atoms with van der Waals surface area (Å²) in [5.74, 6) is -0.436. The summed E-state index contributed by atoms with van der Waals surface area (Å²) >= 11 is 0. The molecule has 0 aliphatic rings. The number of rotatable bonds is 14. The van der Waals surface area contributed by atoms with Crippen molar-refractivity contribution in [1.29, 1.82) is 0 Å². The van der Waals surface area contributed by atoms with E-state index in [2.05, 4.69) is 13.8 Å². The topological polar surface area (TPSA) is 83.8 Å². The average molecular weight is 364 g/mol. The quantitative estimate of drug-likeness (QED) is 0.256. The maximum atomic E-state index is 12.7. The Labute approximate surface area is 147 Å². The molecule has 0 aliphatic carbocycles. The van der Waals surface area contributed by atoms with Gasteiger partial charge in [0.15, 0.2) is 0 Å². The van der Waals surface area contributed by atoms with E-state index in [1.807, 2.05) is 0 Å². The molecule has 0 aromatic carbocycles. The molecule has 0 amide bonds. The van der Waals surface area contributed by atoms with Crippen molar-refractivity contribution in [2.75, 3.05) is 6.61 Å². The van der Waals surface area contributed by atoms with Crippen molar-refractivity contribution in [3.05, 3.63) is 0 Å². The molecule has 0 heterocycles. The Morgan fingerprint density at radius 2 is 1.42 bits per heavy atom. The monoisotopic (exact) mass is 364 g/mol. The van der Waals surface area contributed by atoms with Gasteiger partial charge >= 0.3 is 13.6 Å². The van der Waals surface area contributed by atoms with Crippen LogP contribution in [-0.2, 0) is 14.1 Å². The third-order valence-electron chi connectivity index (χ3n) is 4.94. The predicted molar refractivity (Wildman–Crippen MR) is 98.1 cm³/mol. The zero-order valence-corrected chi connectivity index (χ0v) is 16.8. The van der Waals surface area contributed by atoms with Gasteiger partial charge in [0.1, 0.15) is 0 Å². The molecule has 0 bridgehead atoms. The standard InChI is InChI=1S/C18H37O5P/c1-5-8-10-12-14-18(17(19)23-7-3,15-13-11-9-6-2)16(4)24(20,21)22/h16H,5-15H2,1-4H3,(H2,20,21,22). The summed E-state index contributed by atoms with van der Waals surface area (Å²) in [6, 6.07) is 0. The first kappa shape index (κ1) is 23.6. The second kappa shape index (κ2) is 12.1. The molecule has 0 aromatic heterocycles. The Morgan fingerprint density at radius 1 is 0.958 bits per heavy atom. The number of esters is 1. The minimum Gasteiger partial charge on any atom is -0.466 e. The van der Waals surface area contributed by atoms with Crippen LogP contribution in [0.4, 0.5) is 0 Å². The molecule has 0 aliphatic heterocycles. The normalized spacial score (nSPS) is 13.8. The van der Waals surface area contributed by atoms with E-state index in [0.717, 1.165) is 51.4 Å². The van der Waals surface area contributed by atoms with Crippen molar-refractivity contribution in [2.45, 2.75) is 97.6 Å². The highest BCUT2D eigenvalue weighted by atomic mass is 31.2. The van der Waals surface area contributed by atoms with E-state index in [0.29, 0.717) is 12.8 Å². The van der Waals surface area contributed by atoms with E-state index in [-0.39, 0.29) is 6.61 Å². The first-order valence-corrected chi connectivity index (χ1v) is 11.2. The average Bonchev–Trinajstić information content (AvgIpc) is 2.52. The van der Waals surface area contributed by atoms with Gasteiger partial charge < -0.3 is 14.5 Å². The minimum atomic E-state index is -4.37. The number of carbonyl (C=O) groups is 1. The van der Waals surface area contributed by atoms with Gasteiger partial charge in [-0.2, -0.15) is 0 Å². The van der Waals surface area contributed by atoms with Gasteiger partial charge in [-0.05, 0) is 26.7 Å². The Morgan fingerprint density at radius 3 is 1.75 bits per heavy atom. The third-order valence-corrected chi connectivity index (χ3v) is 6.44. The molecule has 0 fully saturated rings. The van der Waals surface area contributed by atoms with Gasteiger partial charge in [0.25, 0.3) is 0 Å². The molecule has 0 rings (SSSR count). The molecule has 5 nitrogen and oxygen atoms in total. The summed E-state index contributed by atoms with van der Waals surface area (Å²) in [5.41, 5.74) is -2.08. The smallest absolute Gasteiger partial charge is 0.329 e. The van der Waals surface area contributed by atoms with Gasteiger partial charge in [0.05, 0.1) is 17.7 Å². The van der Waals surface area contributed by atoms with Crippen LogP contribution in [0.3, 0.4) is 0 Å². The summed E-state index contributed by atoms with van der Waals surface area (Å²) in [5, 5.41) is 0. The fourth-order valence-electron chi connectivity index (χ4n) is 3.25. The molecule has 1 unspecified atom stereocenters. The van der Waals surface area contributed by atoms with E-state index in [1.165, 1.54) is 6.92 Å². The zero-order chi connectivity index (χ0) is 18.6. The molecular formula is C18H37O5P. The maximum absolute atomic E-state index is 12.7. The lowest BCUT2D eigenvalue weighted by Gasteiger charge is -2.37. The van der Waals surface area contributed by atoms with Crippen LogP contribution in [0.5, 0.6) is 0 Å². The molecular weight excluding hydrogens is 327 g/mol. The highest BCUT2D eigenvalue weighted by Gasteiger charge is 2.50. The van der Waals surface area contributed by atoms with Gasteiger partial charge in [-0.15, -0.1) is 0 Å². The lowest BCUT2D eigenvalue weighted by Crippen LogP contribution is -2.42. The fourth-order valence-corrected chi connectivity index (χ4v) is 4.26. The van der Waals surface area contributed by atoms with Crippen molar-refractivity contribution >= 4 is 13.6 Å². The van der Waals surface area contributed by atoms with Crippen molar-refractivity contribution < 1.29 is 23.9 Å². The second-order valence-corrected chi connectivity index (χ2v) is 8.72. The van der Waals surface area contributed by atoms with Crippen LogP contribution in [0.1, 0.15) is 91.9 Å². The maximum Gasteiger partial charge on any atom is 0.329 e. The van der Waals surface area contributed by atoms with Crippen LogP contribution >= 0.6 is 7.60 Å². The molecule has 2 N–H and O–H groups in total. The molecule has 144 valence electrons. The zero-order valence-electron chi connectivity index (χ0n) is 15.9. The van der Waals surface area contributed by atoms with E-state index in [4.69, 9.17) is 4.74 Å². The first-order valence-electron chi connectivity index (χ1n) is 9.48. The number of carbonyl (C=O) groups excluding carboxylic acids is 1. The molecule has 0 radical (unpaired) electrons. The second-order valence-electron chi connectivity index (χ2n) is 6.76. The summed E-state index contributed by atoms with van der Waals surface area (Å²) in [6.45, 7) is 7.71. The largest absolute Gasteiger partial charge is 0.466 e. The molecule has 24 heavy (non-hydrogen) atoms. The van der Waals surface area contributed by atoms with Crippen molar-refractivity contribution in [2.24, 2.45) is 5.41 Å². The molecule has 0 aromatic rings. The lowest BCUT2D eigenvalue weighted by atomic mass is 9.75. The molecule has 0 saturated carbocycles. The summed E-state index contributed by atoms with van der Waals surface area (Å²) < 4.78 is 17.2. The Hall–Kier alpha value is -0.380. The van der Waals surface area contributed by atoms with E-state index >= 15 is 0 Å². The number of hydrogen-bond acceptors (Lipinski definition) is 3. The molecule has 6 heteroatoms. The van der Waals surface area contributed by atoms with Crippen LogP contribution in [0, 0.1) is 5.41 Å². The number of hydrogen-bond donors (Lipinski definition) is 2. The fraction of sp³-hybridized carbons (Fsp3) is 0.944. The van der Waals surface area contributed by atoms with Crippen LogP contribution in [0.2, 0.25) is 0 Å². The van der Waals surface area contributed by atoms with Gasteiger partial charge in [-0.1, -0.05) is 65.2 Å². The van der Waals surface area contributed by atoms with Crippen LogP contribution in [-0.4, -0.2) is 28.0 Å². The number of unbranched alkanes of at least 4 members (excludes halogenated alkanes) is 6. The third kappa shape index (κ3) is 7.67. The van der Waals surface area contributed by atoms with Gasteiger partial charge in [0.2, 0.25) is 0 Å². The lowest BCUT2D eigenvalue weighted by molar-refractivity contribution is -0.157. The Balaban J connectivity index is 5.37. The summed E-state index contributed by atoms with van der Waals surface area (Å²) in [6.07, 6.45) is 8.82. The van der Waals surface area contributed by atoms with Gasteiger partial charge in [0, 0.05) is 0 Å². The first-order chi connectivity index (χ1) is 11.3. The number of ether oxygens (including phenoxy) is 1. The Bertz CT molecular complexity index is 379. The SMILES string of the molecule is CCCCCCC(CCCCCC)(C(=O)OCC)C(C)P(=O)(O)O. The molecule has 0 spiro atoms. The highest BCUT2D eigenvalue weighted by molar-refractivity contribution is 7.52. The summed E-state index contributed by atoms with van der Waals surface area (Å²) in [7, 11) is -4.37. The van der Waals surface area contributed by atoms with E-state index in [9.17, 15) is 19.1 Å². The van der Waals surface area contributed by atoms with Crippen molar-refractivity contribution in [3.8, 4) is 0 Å². The van der Waals surface area contributed by atoms with E-state index in [1.54, 1.807) is 6.92 Å². The van der Waals surface area contributed by atoms with Gasteiger partial charge in [-0.3, -0.25) is 9.36 Å². The molecule has 1 atom stereocenters. The molecule has 0 saturated heterocycles. The van der Waals surface area contributed by atoms with Crippen molar-refractivity contribution in [1.82, 2.24) is 0 Å². The highest BCUT2D eigenvalue weighted by Crippen LogP contribution is 2.54. The van der Waals surface area contributed by atoms with E-state index < -0.39 is 24.6 Å². The van der Waals surface area contributed by atoms with Crippen LogP contribution in [0.15, 0.2) is 0 Å². The minimum absolute atomic E-state index is 0.235. The van der Waals surface area contributed by atoms with Gasteiger partial charge in [-0.25, -0.2) is 0 Å². The Kier molecular flexibility index (Phi) is 11.9. The van der Waals surface area contributed by atoms with Crippen LogP contribution in [0.25, 0.3) is 0 Å². The predicted octanol–water partition coefficient (Wildman–Crippen LogP) is 5.04.